The van der Waals surface area contributed by atoms with Gasteiger partial charge in [0.1, 0.15) is 0 Å². The van der Waals surface area contributed by atoms with Gasteiger partial charge in [0.2, 0.25) is 5.95 Å². The molecule has 0 atom stereocenters. The number of aryl methyl sites for hydroxylation is 1. The van der Waals surface area contributed by atoms with E-state index >= 15 is 0 Å². The Hall–Kier alpha value is -5.32. The van der Waals surface area contributed by atoms with E-state index in [1.165, 1.54) is 96.8 Å². The average Bonchev–Trinajstić information content (AvgIpc) is 4.01. The van der Waals surface area contributed by atoms with Crippen molar-refractivity contribution in [2.24, 2.45) is 6.98 Å². The summed E-state index contributed by atoms with van der Waals surface area (Å²) >= 11 is 0. The first-order chi connectivity index (χ1) is 32.6. The molecule has 0 radical (unpaired) electrons. The number of fused-ring (bicyclic) bond motifs is 5. The van der Waals surface area contributed by atoms with Gasteiger partial charge in [-0.3, -0.25) is 0 Å². The van der Waals surface area contributed by atoms with Gasteiger partial charge in [0, 0.05) is 66.2 Å². The number of hydrogen-bond acceptors (Lipinski definition) is 4. The van der Waals surface area contributed by atoms with E-state index in [1.54, 1.807) is 0 Å². The zero-order chi connectivity index (χ0) is 47.1. The summed E-state index contributed by atoms with van der Waals surface area (Å²) in [5.41, 5.74) is 12.7. The van der Waals surface area contributed by atoms with E-state index < -0.39 is 6.98 Å². The Morgan fingerprint density at radius 2 is 1.21 bits per heavy atom. The Morgan fingerprint density at radius 3 is 1.86 bits per heavy atom. The molecule has 6 aromatic carbocycles. The molecule has 1 aliphatic heterocycles. The summed E-state index contributed by atoms with van der Waals surface area (Å²) in [4.78, 5) is 9.78. The van der Waals surface area contributed by atoms with Crippen molar-refractivity contribution in [3.05, 3.63) is 150 Å². The third-order valence-corrected chi connectivity index (χ3v) is 14.5. The Kier molecular flexibility index (Phi) is 10.8. The second-order valence-electron chi connectivity index (χ2n) is 20.9. The maximum absolute atomic E-state index is 8.63. The number of rotatable bonds is 7. The van der Waals surface area contributed by atoms with Gasteiger partial charge in [0.15, 0.2) is 0 Å². The molecule has 2 saturated carbocycles. The molecule has 2 aromatic heterocycles. The second-order valence-corrected chi connectivity index (χ2v) is 20.9. The van der Waals surface area contributed by atoms with Gasteiger partial charge < -0.3 is 23.7 Å². The molecule has 66 heavy (non-hydrogen) atoms. The van der Waals surface area contributed by atoms with Gasteiger partial charge in [-0.15, -0.1) is 53.6 Å². The summed E-state index contributed by atoms with van der Waals surface area (Å²) in [5, 5.41) is 1.89. The van der Waals surface area contributed by atoms with E-state index in [0.717, 1.165) is 33.2 Å². The van der Waals surface area contributed by atoms with Crippen LogP contribution in [0.2, 0.25) is 0 Å². The van der Waals surface area contributed by atoms with Crippen LogP contribution in [0.4, 0.5) is 22.7 Å². The van der Waals surface area contributed by atoms with Gasteiger partial charge in [0.25, 0.3) is 0 Å². The fourth-order valence-electron chi connectivity index (χ4n) is 10.9. The number of aromatic nitrogens is 3. The topological polar surface area (TPSA) is 38.5 Å². The summed E-state index contributed by atoms with van der Waals surface area (Å²) in [6.45, 7) is 13.7. The minimum Gasteiger partial charge on any atom is -0.509 e. The van der Waals surface area contributed by atoms with E-state index in [4.69, 9.17) is 13.8 Å². The molecule has 6 nitrogen and oxygen atoms in total. The first kappa shape index (κ1) is 40.9. The van der Waals surface area contributed by atoms with Crippen LogP contribution >= 0.6 is 0 Å². The van der Waals surface area contributed by atoms with Crippen LogP contribution in [0.3, 0.4) is 0 Å². The van der Waals surface area contributed by atoms with Crippen molar-refractivity contribution >= 4 is 55.6 Å². The number of para-hydroxylation sites is 5. The standard InChI is InChI=1S/C59H62N5O.Pt/c1-58(2,3)41-32-43(36-45(33-41)65-44-30-31-47-46-24-14-16-26-51(46)64(55(47)37-44)57-60-50-25-15-17-27-52(50)61(57)7)62-38-63(54-29-19-18-28-53(54)62)56-48(39-20-10-8-11-21-39)34-42(59(4,5)6)35-49(56)40-22-12-9-13-23-40;/h14-19,24-35,38-40H,8-13,20-23H2,1-7H3;/q-3;/i7D3;. The molecule has 0 amide bonds. The molecular formula is C59H62N5OPt-3. The molecule has 2 aliphatic carbocycles. The zero-order valence-electron chi connectivity index (χ0n) is 42.2. The average molecular weight is 1060 g/mol. The smallest absolute Gasteiger partial charge is 0.213 e. The van der Waals surface area contributed by atoms with E-state index in [0.29, 0.717) is 45.8 Å². The SMILES string of the molecule is [2H]C([2H])([2H])n1c(-n2c3[c-]c(Oc4[c-]c(N5[CH-]N(c6c(C7CCCCC7)cc(C(C)(C)C)cc6C6CCCCC6)c6ccccc65)cc(C(C)(C)C)c4)ccc3c3ccccc32)nc2ccccc21.[Pt]. The number of hydrogen-bond donors (Lipinski definition) is 0. The van der Waals surface area contributed by atoms with Crippen LogP contribution in [-0.4, -0.2) is 14.1 Å². The van der Waals surface area contributed by atoms with Crippen LogP contribution in [0.5, 0.6) is 11.5 Å². The van der Waals surface area contributed by atoms with Gasteiger partial charge in [0.05, 0.1) is 11.0 Å². The van der Waals surface area contributed by atoms with Crippen molar-refractivity contribution < 1.29 is 29.9 Å². The summed E-state index contributed by atoms with van der Waals surface area (Å²) < 4.78 is 36.0. The fraction of sp³-hybridized carbons (Fsp3) is 0.356. The molecule has 0 saturated heterocycles. The zero-order valence-corrected chi connectivity index (χ0v) is 41.4. The van der Waals surface area contributed by atoms with Crippen molar-refractivity contribution in [2.45, 2.75) is 128 Å². The largest absolute Gasteiger partial charge is 0.509 e. The summed E-state index contributed by atoms with van der Waals surface area (Å²) in [7, 11) is 0. The molecule has 0 spiro atoms. The predicted molar refractivity (Wildman–Crippen MR) is 270 cm³/mol. The van der Waals surface area contributed by atoms with Gasteiger partial charge in [-0.1, -0.05) is 140 Å². The molecule has 342 valence electrons. The number of imidazole rings is 1. The Bertz CT molecular complexity index is 3160. The van der Waals surface area contributed by atoms with Crippen molar-refractivity contribution in [3.63, 3.8) is 0 Å². The normalized spacial score (nSPS) is 17.2. The maximum atomic E-state index is 8.63. The molecule has 3 heterocycles. The number of ether oxygens (including phenoxy) is 1. The third-order valence-electron chi connectivity index (χ3n) is 14.5. The molecule has 7 heteroatoms. The van der Waals surface area contributed by atoms with E-state index in [-0.39, 0.29) is 31.9 Å². The molecule has 8 aromatic rings. The Morgan fingerprint density at radius 1 is 0.621 bits per heavy atom. The van der Waals surface area contributed by atoms with Gasteiger partial charge in [-0.05, 0) is 101 Å². The molecule has 0 bridgehead atoms. The van der Waals surface area contributed by atoms with Crippen LogP contribution < -0.4 is 14.5 Å². The van der Waals surface area contributed by atoms with E-state index in [1.807, 2.05) is 59.2 Å². The van der Waals surface area contributed by atoms with Crippen LogP contribution in [-0.2, 0) is 38.9 Å². The summed E-state index contributed by atoms with van der Waals surface area (Å²) in [5.74, 6) is 2.41. The molecule has 11 rings (SSSR count). The number of anilines is 4. The first-order valence-electron chi connectivity index (χ1n) is 25.5. The van der Waals surface area contributed by atoms with Gasteiger partial charge in [-0.25, -0.2) is 4.98 Å². The Labute approximate surface area is 410 Å². The van der Waals surface area contributed by atoms with Crippen molar-refractivity contribution in [1.29, 1.82) is 0 Å². The quantitative estimate of drug-likeness (QED) is 0.149. The van der Waals surface area contributed by atoms with E-state index in [9.17, 15) is 0 Å². The van der Waals surface area contributed by atoms with E-state index in [2.05, 4.69) is 125 Å². The molecule has 3 aliphatic rings. The van der Waals surface area contributed by atoms with Crippen LogP contribution in [0, 0.1) is 18.8 Å². The second kappa shape index (κ2) is 17.4. The summed E-state index contributed by atoms with van der Waals surface area (Å²) in [6, 6.07) is 45.1. The first-order valence-corrected chi connectivity index (χ1v) is 24.0. The Balaban J connectivity index is 0.00000553. The van der Waals surface area contributed by atoms with Gasteiger partial charge >= 0.3 is 0 Å². The molecule has 2 fully saturated rings. The van der Waals surface area contributed by atoms with Crippen LogP contribution in [0.15, 0.2) is 109 Å². The molecule has 0 unspecified atom stereocenters. The van der Waals surface area contributed by atoms with Crippen molar-refractivity contribution in [2.75, 3.05) is 9.80 Å². The fourth-order valence-corrected chi connectivity index (χ4v) is 10.9. The molecular weight excluding hydrogens is 990 g/mol. The number of benzene rings is 6. The minimum absolute atomic E-state index is 0. The van der Waals surface area contributed by atoms with Crippen molar-refractivity contribution in [1.82, 2.24) is 14.1 Å². The van der Waals surface area contributed by atoms with Crippen LogP contribution in [0.25, 0.3) is 38.8 Å². The predicted octanol–water partition coefficient (Wildman–Crippen LogP) is 16.2. The third kappa shape index (κ3) is 7.95. The summed E-state index contributed by atoms with van der Waals surface area (Å²) in [6.07, 6.45) is 12.7. The number of nitrogens with zero attached hydrogens (tertiary/aromatic N) is 5. The maximum Gasteiger partial charge on any atom is 0.213 e. The molecule has 0 N–H and O–H groups in total. The van der Waals surface area contributed by atoms with Gasteiger partial charge in [-0.2, -0.15) is 6.07 Å². The van der Waals surface area contributed by atoms with Crippen LogP contribution in [0.1, 0.15) is 144 Å². The van der Waals surface area contributed by atoms with Crippen molar-refractivity contribution in [3.8, 4) is 17.4 Å². The monoisotopic (exact) mass is 1050 g/mol. The minimum atomic E-state index is -2.48.